The van der Waals surface area contributed by atoms with Crippen molar-refractivity contribution in [2.75, 3.05) is 32.8 Å². The van der Waals surface area contributed by atoms with Gasteiger partial charge in [0.05, 0.1) is 18.9 Å². The van der Waals surface area contributed by atoms with Gasteiger partial charge in [0.25, 0.3) is 5.91 Å². The van der Waals surface area contributed by atoms with Crippen molar-refractivity contribution in [1.82, 2.24) is 30.4 Å². The fourth-order valence-electron chi connectivity index (χ4n) is 3.67. The third-order valence-electron chi connectivity index (χ3n) is 5.24. The molecule has 2 aromatic carbocycles. The van der Waals surface area contributed by atoms with Crippen LogP contribution in [0.1, 0.15) is 23.1 Å². The van der Waals surface area contributed by atoms with Crippen molar-refractivity contribution in [3.05, 3.63) is 58.9 Å². The van der Waals surface area contributed by atoms with Crippen LogP contribution < -0.4 is 5.32 Å². The largest absolute Gasteiger partial charge is 0.379 e. The zero-order chi connectivity index (χ0) is 21.8. The normalized spacial score (nSPS) is 15.6. The summed E-state index contributed by atoms with van der Waals surface area (Å²) in [4.78, 5) is 15.4. The summed E-state index contributed by atoms with van der Waals surface area (Å²) in [5.41, 5.74) is 3.11. The van der Waals surface area contributed by atoms with Crippen molar-refractivity contribution < 1.29 is 9.53 Å². The minimum absolute atomic E-state index is 0.00279. The molecule has 9 heteroatoms. The van der Waals surface area contributed by atoms with Crippen LogP contribution in [-0.4, -0.2) is 69.9 Å². The molecule has 162 valence electrons. The highest BCUT2D eigenvalue weighted by Gasteiger charge is 2.18. The van der Waals surface area contributed by atoms with E-state index in [4.69, 9.17) is 16.3 Å². The third-order valence-corrected chi connectivity index (χ3v) is 5.49. The number of ether oxygens (including phenoxy) is 1. The fraction of sp³-hybridized carbons (Fsp3) is 0.364. The molecule has 0 spiro atoms. The highest BCUT2D eigenvalue weighted by molar-refractivity contribution is 6.30. The molecule has 31 heavy (non-hydrogen) atoms. The lowest BCUT2D eigenvalue weighted by Gasteiger charge is -2.29. The predicted molar refractivity (Wildman–Crippen MR) is 119 cm³/mol. The van der Waals surface area contributed by atoms with Crippen LogP contribution in [0.15, 0.2) is 42.5 Å². The average Bonchev–Trinajstić information content (AvgIpc) is 3.20. The van der Waals surface area contributed by atoms with Crippen LogP contribution in [-0.2, 0) is 4.74 Å². The van der Waals surface area contributed by atoms with E-state index in [2.05, 4.69) is 25.7 Å². The lowest BCUT2D eigenvalue weighted by molar-refractivity contribution is 0.0342. The smallest absolute Gasteiger partial charge is 0.251 e. The van der Waals surface area contributed by atoms with Gasteiger partial charge in [-0.15, -0.1) is 5.10 Å². The molecule has 0 radical (unpaired) electrons. The molecule has 1 fully saturated rings. The summed E-state index contributed by atoms with van der Waals surface area (Å²) in [6.45, 7) is 7.85. The molecule has 0 unspecified atom stereocenters. The monoisotopic (exact) mass is 440 g/mol. The van der Waals surface area contributed by atoms with Crippen LogP contribution in [0.2, 0.25) is 5.02 Å². The molecule has 4 rings (SSSR count). The Kier molecular flexibility index (Phi) is 6.60. The van der Waals surface area contributed by atoms with Crippen molar-refractivity contribution in [2.24, 2.45) is 0 Å². The van der Waals surface area contributed by atoms with Crippen molar-refractivity contribution in [3.8, 4) is 16.8 Å². The number of tetrazole rings is 1. The summed E-state index contributed by atoms with van der Waals surface area (Å²) in [5.74, 6) is 0.504. The summed E-state index contributed by atoms with van der Waals surface area (Å²) in [6, 6.07) is 13.2. The molecule has 8 nitrogen and oxygen atoms in total. The Morgan fingerprint density at radius 2 is 1.90 bits per heavy atom. The zero-order valence-corrected chi connectivity index (χ0v) is 18.3. The van der Waals surface area contributed by atoms with Crippen molar-refractivity contribution >= 4 is 17.5 Å². The summed E-state index contributed by atoms with van der Waals surface area (Å²) >= 11 is 6.04. The molecule has 2 heterocycles. The van der Waals surface area contributed by atoms with Crippen LogP contribution in [0.4, 0.5) is 0 Å². The molecule has 1 saturated heterocycles. The number of aryl methyl sites for hydroxylation is 1. The van der Waals surface area contributed by atoms with E-state index in [0.717, 1.165) is 49.7 Å². The van der Waals surface area contributed by atoms with Gasteiger partial charge in [0.15, 0.2) is 5.82 Å². The second kappa shape index (κ2) is 9.55. The van der Waals surface area contributed by atoms with Crippen molar-refractivity contribution in [1.29, 1.82) is 0 Å². The number of carbonyl (C=O) groups excluding carboxylic acids is 1. The molecule has 1 N–H and O–H groups in total. The SMILES string of the molecule is Cc1nnnn1-c1cc(C(=O)N[C@H](C)CN2CCOCC2)cc(-c2ccc(Cl)cc2)c1. The van der Waals surface area contributed by atoms with E-state index in [0.29, 0.717) is 16.4 Å². The van der Waals surface area contributed by atoms with Gasteiger partial charge in [-0.05, 0) is 65.7 Å². The average molecular weight is 441 g/mol. The summed E-state index contributed by atoms with van der Waals surface area (Å²) in [7, 11) is 0. The lowest BCUT2D eigenvalue weighted by Crippen LogP contribution is -2.46. The van der Waals surface area contributed by atoms with Crippen LogP contribution in [0.25, 0.3) is 16.8 Å². The number of nitrogens with zero attached hydrogens (tertiary/aromatic N) is 5. The number of halogens is 1. The first-order valence-electron chi connectivity index (χ1n) is 10.3. The number of carbonyl (C=O) groups is 1. The Hall–Kier alpha value is -2.81. The lowest BCUT2D eigenvalue weighted by atomic mass is 10.0. The van der Waals surface area contributed by atoms with Gasteiger partial charge in [-0.1, -0.05) is 23.7 Å². The highest BCUT2D eigenvalue weighted by atomic mass is 35.5. The summed E-state index contributed by atoms with van der Waals surface area (Å²) < 4.78 is 7.02. The Morgan fingerprint density at radius 3 is 2.58 bits per heavy atom. The molecule has 1 atom stereocenters. The van der Waals surface area contributed by atoms with Crippen molar-refractivity contribution in [3.63, 3.8) is 0 Å². The number of benzene rings is 2. The first-order valence-corrected chi connectivity index (χ1v) is 10.6. The third kappa shape index (κ3) is 5.28. The Labute approximate surface area is 186 Å². The Balaban J connectivity index is 1.60. The molecular formula is C22H25ClN6O2. The molecule has 3 aromatic rings. The van der Waals surface area contributed by atoms with Gasteiger partial charge >= 0.3 is 0 Å². The second-order valence-corrected chi connectivity index (χ2v) is 8.14. The number of hydrogen-bond donors (Lipinski definition) is 1. The Morgan fingerprint density at radius 1 is 1.16 bits per heavy atom. The zero-order valence-electron chi connectivity index (χ0n) is 17.6. The van der Waals surface area contributed by atoms with Gasteiger partial charge in [0.1, 0.15) is 0 Å². The number of aromatic nitrogens is 4. The quantitative estimate of drug-likeness (QED) is 0.634. The maximum absolute atomic E-state index is 13.1. The van der Waals surface area contributed by atoms with E-state index in [-0.39, 0.29) is 11.9 Å². The van der Waals surface area contributed by atoms with Crippen LogP contribution >= 0.6 is 11.6 Å². The minimum Gasteiger partial charge on any atom is -0.379 e. The molecule has 0 saturated carbocycles. The Bertz CT molecular complexity index is 1050. The molecule has 1 aliphatic rings. The number of nitrogens with one attached hydrogen (secondary N) is 1. The minimum atomic E-state index is -0.136. The fourth-order valence-corrected chi connectivity index (χ4v) is 3.79. The molecule has 1 amide bonds. The van der Waals surface area contributed by atoms with Crippen LogP contribution in [0.5, 0.6) is 0 Å². The van der Waals surface area contributed by atoms with Crippen LogP contribution in [0.3, 0.4) is 0 Å². The first-order chi connectivity index (χ1) is 15.0. The van der Waals surface area contributed by atoms with E-state index in [1.807, 2.05) is 50.2 Å². The van der Waals surface area contributed by atoms with Crippen LogP contribution in [0, 0.1) is 6.92 Å². The van der Waals surface area contributed by atoms with Gasteiger partial charge in [0.2, 0.25) is 0 Å². The standard InChI is InChI=1S/C22H25ClN6O2/c1-15(14-28-7-9-31-10-8-28)24-22(30)19-11-18(17-3-5-20(23)6-4-17)12-21(13-19)29-16(2)25-26-27-29/h3-6,11-13,15H,7-10,14H2,1-2H3,(H,24,30)/t15-/m1/s1. The predicted octanol–water partition coefficient (Wildman–Crippen LogP) is 2.74. The summed E-state index contributed by atoms with van der Waals surface area (Å²) in [6.07, 6.45) is 0. The first kappa shape index (κ1) is 21.4. The van der Waals surface area contributed by atoms with E-state index in [1.165, 1.54) is 0 Å². The molecule has 0 bridgehead atoms. The maximum atomic E-state index is 13.1. The van der Waals surface area contributed by atoms with Gasteiger partial charge in [-0.3, -0.25) is 9.69 Å². The van der Waals surface area contributed by atoms with Gasteiger partial charge in [-0.2, -0.15) is 4.68 Å². The molecule has 1 aromatic heterocycles. The van der Waals surface area contributed by atoms with E-state index < -0.39 is 0 Å². The number of hydrogen-bond acceptors (Lipinski definition) is 6. The molecule has 0 aliphatic carbocycles. The van der Waals surface area contributed by atoms with Gasteiger partial charge in [0, 0.05) is 36.3 Å². The molecular weight excluding hydrogens is 416 g/mol. The highest BCUT2D eigenvalue weighted by Crippen LogP contribution is 2.26. The number of rotatable bonds is 6. The second-order valence-electron chi connectivity index (χ2n) is 7.70. The van der Waals surface area contributed by atoms with Gasteiger partial charge < -0.3 is 10.1 Å². The van der Waals surface area contributed by atoms with E-state index in [1.54, 1.807) is 10.7 Å². The van der Waals surface area contributed by atoms with E-state index in [9.17, 15) is 4.79 Å². The number of amides is 1. The number of morpholine rings is 1. The van der Waals surface area contributed by atoms with Gasteiger partial charge in [-0.25, -0.2) is 0 Å². The van der Waals surface area contributed by atoms with Crippen molar-refractivity contribution in [2.45, 2.75) is 19.9 Å². The maximum Gasteiger partial charge on any atom is 0.251 e. The van der Waals surface area contributed by atoms with E-state index >= 15 is 0 Å². The summed E-state index contributed by atoms with van der Waals surface area (Å²) in [5, 5.41) is 15.5. The topological polar surface area (TPSA) is 85.2 Å². The molecule has 1 aliphatic heterocycles.